The first-order valence-corrected chi connectivity index (χ1v) is 7.46. The van der Waals surface area contributed by atoms with Gasteiger partial charge in [0.1, 0.15) is 11.4 Å². The summed E-state index contributed by atoms with van der Waals surface area (Å²) in [5.41, 5.74) is 0.206. The molecular weight excluding hydrogens is 258 g/mol. The van der Waals surface area contributed by atoms with Crippen LogP contribution >= 0.6 is 11.6 Å². The third kappa shape index (κ3) is 4.39. The summed E-state index contributed by atoms with van der Waals surface area (Å²) in [6.45, 7) is 7.58. The normalized spacial score (nSPS) is 17.9. The predicted molar refractivity (Wildman–Crippen MR) is 81.0 cm³/mol. The second kappa shape index (κ2) is 5.72. The van der Waals surface area contributed by atoms with Crippen LogP contribution in [-0.4, -0.2) is 17.7 Å². The average Bonchev–Trinajstić information content (AvgIpc) is 2.27. The van der Waals surface area contributed by atoms with Gasteiger partial charge in [0, 0.05) is 10.6 Å². The molecule has 0 amide bonds. The Morgan fingerprint density at radius 1 is 1.21 bits per heavy atom. The summed E-state index contributed by atoms with van der Waals surface area (Å²) >= 11 is 5.90. The molecule has 0 radical (unpaired) electrons. The topological polar surface area (TPSA) is 21.3 Å². The van der Waals surface area contributed by atoms with Crippen molar-refractivity contribution in [3.63, 3.8) is 0 Å². The van der Waals surface area contributed by atoms with Gasteiger partial charge in [0.05, 0.1) is 0 Å². The van der Waals surface area contributed by atoms with E-state index in [9.17, 15) is 0 Å². The Hall–Kier alpha value is -0.730. The van der Waals surface area contributed by atoms with E-state index >= 15 is 0 Å². The number of hydrogen-bond acceptors (Lipinski definition) is 2. The van der Waals surface area contributed by atoms with Crippen LogP contribution in [0.3, 0.4) is 0 Å². The highest BCUT2D eigenvalue weighted by Crippen LogP contribution is 2.39. The molecule has 1 aromatic rings. The van der Waals surface area contributed by atoms with E-state index in [4.69, 9.17) is 16.3 Å². The highest BCUT2D eigenvalue weighted by molar-refractivity contribution is 6.30. The third-order valence-electron chi connectivity index (χ3n) is 3.65. The maximum absolute atomic E-state index is 6.21. The minimum atomic E-state index is 0.0338. The molecule has 2 rings (SSSR count). The monoisotopic (exact) mass is 281 g/mol. The molecule has 0 aliphatic heterocycles. The van der Waals surface area contributed by atoms with Gasteiger partial charge < -0.3 is 10.1 Å². The van der Waals surface area contributed by atoms with Crippen LogP contribution in [-0.2, 0) is 0 Å². The van der Waals surface area contributed by atoms with Crippen molar-refractivity contribution < 1.29 is 4.74 Å². The summed E-state index contributed by atoms with van der Waals surface area (Å²) in [5, 5.41) is 4.29. The summed E-state index contributed by atoms with van der Waals surface area (Å²) in [4.78, 5) is 0. The molecule has 0 unspecified atom stereocenters. The number of ether oxygens (including phenoxy) is 1. The average molecular weight is 282 g/mol. The van der Waals surface area contributed by atoms with Crippen molar-refractivity contribution >= 4 is 11.6 Å². The van der Waals surface area contributed by atoms with Gasteiger partial charge in [-0.15, -0.1) is 0 Å². The lowest BCUT2D eigenvalue weighted by atomic mass is 9.77. The zero-order valence-corrected chi connectivity index (χ0v) is 12.9. The molecular formula is C16H24ClNO. The van der Waals surface area contributed by atoms with Gasteiger partial charge >= 0.3 is 0 Å². The Kier molecular flexibility index (Phi) is 4.42. The van der Waals surface area contributed by atoms with E-state index in [2.05, 4.69) is 26.1 Å². The molecule has 1 aromatic carbocycles. The van der Waals surface area contributed by atoms with Crippen LogP contribution in [0, 0.1) is 0 Å². The van der Waals surface area contributed by atoms with Crippen molar-refractivity contribution in [1.29, 1.82) is 0 Å². The summed E-state index contributed by atoms with van der Waals surface area (Å²) < 4.78 is 6.21. The first kappa shape index (κ1) is 14.7. The van der Waals surface area contributed by atoms with Gasteiger partial charge in [0.15, 0.2) is 0 Å². The van der Waals surface area contributed by atoms with E-state index in [0.29, 0.717) is 0 Å². The van der Waals surface area contributed by atoms with E-state index in [1.54, 1.807) is 0 Å². The van der Waals surface area contributed by atoms with E-state index < -0.39 is 0 Å². The van der Waals surface area contributed by atoms with E-state index in [1.807, 2.05) is 24.3 Å². The van der Waals surface area contributed by atoms with Crippen LogP contribution in [0.25, 0.3) is 0 Å². The Balaban J connectivity index is 1.89. The molecule has 0 spiro atoms. The molecule has 2 nitrogen and oxygen atoms in total. The molecule has 0 aromatic heterocycles. The van der Waals surface area contributed by atoms with E-state index in [0.717, 1.165) is 36.6 Å². The van der Waals surface area contributed by atoms with Crippen LogP contribution in [0.5, 0.6) is 5.75 Å². The SMILES string of the molecule is CC(C)(C)NCCC1(Oc2ccc(Cl)cc2)CCC1. The summed E-state index contributed by atoms with van der Waals surface area (Å²) in [6, 6.07) is 7.69. The second-order valence-corrected chi connectivity index (χ2v) is 6.96. The molecule has 1 aliphatic carbocycles. The fourth-order valence-electron chi connectivity index (χ4n) is 2.39. The fraction of sp³-hybridized carbons (Fsp3) is 0.625. The Labute approximate surface area is 121 Å². The van der Waals surface area contributed by atoms with Crippen molar-refractivity contribution in [2.24, 2.45) is 0 Å². The lowest BCUT2D eigenvalue weighted by Gasteiger charge is -2.42. The van der Waals surface area contributed by atoms with Crippen LogP contribution in [0.15, 0.2) is 24.3 Å². The van der Waals surface area contributed by atoms with Gasteiger partial charge in [-0.1, -0.05) is 11.6 Å². The quantitative estimate of drug-likeness (QED) is 0.863. The highest BCUT2D eigenvalue weighted by atomic mass is 35.5. The molecule has 0 atom stereocenters. The van der Waals surface area contributed by atoms with Crippen molar-refractivity contribution in [2.75, 3.05) is 6.54 Å². The molecule has 19 heavy (non-hydrogen) atoms. The van der Waals surface area contributed by atoms with Crippen molar-refractivity contribution in [3.05, 3.63) is 29.3 Å². The summed E-state index contributed by atoms with van der Waals surface area (Å²) in [5.74, 6) is 0.930. The highest BCUT2D eigenvalue weighted by Gasteiger charge is 2.39. The van der Waals surface area contributed by atoms with Gasteiger partial charge in [-0.2, -0.15) is 0 Å². The van der Waals surface area contributed by atoms with Crippen LogP contribution < -0.4 is 10.1 Å². The first-order valence-electron chi connectivity index (χ1n) is 7.08. The van der Waals surface area contributed by atoms with Gasteiger partial charge in [0.25, 0.3) is 0 Å². The molecule has 1 fully saturated rings. The van der Waals surface area contributed by atoms with Crippen molar-refractivity contribution in [3.8, 4) is 5.75 Å². The minimum Gasteiger partial charge on any atom is -0.487 e. The largest absolute Gasteiger partial charge is 0.487 e. The van der Waals surface area contributed by atoms with Crippen LogP contribution in [0.4, 0.5) is 0 Å². The molecule has 1 aliphatic rings. The number of rotatable bonds is 5. The third-order valence-corrected chi connectivity index (χ3v) is 3.90. The molecule has 1 saturated carbocycles. The lowest BCUT2D eigenvalue weighted by molar-refractivity contribution is -0.0152. The van der Waals surface area contributed by atoms with Crippen LogP contribution in [0.2, 0.25) is 5.02 Å². The summed E-state index contributed by atoms with van der Waals surface area (Å²) in [7, 11) is 0. The first-order chi connectivity index (χ1) is 8.89. The number of nitrogens with one attached hydrogen (secondary N) is 1. The molecule has 3 heteroatoms. The predicted octanol–water partition coefficient (Wildman–Crippen LogP) is 4.42. The maximum atomic E-state index is 6.21. The van der Waals surface area contributed by atoms with Gasteiger partial charge in [-0.3, -0.25) is 0 Å². The number of halogens is 1. The summed E-state index contributed by atoms with van der Waals surface area (Å²) in [6.07, 6.45) is 4.64. The molecule has 106 valence electrons. The smallest absolute Gasteiger partial charge is 0.120 e. The molecule has 1 N–H and O–H groups in total. The Morgan fingerprint density at radius 2 is 1.84 bits per heavy atom. The van der Waals surface area contributed by atoms with E-state index in [1.165, 1.54) is 6.42 Å². The minimum absolute atomic E-state index is 0.0338. The van der Waals surface area contributed by atoms with E-state index in [-0.39, 0.29) is 11.1 Å². The Bertz CT molecular complexity index is 404. The zero-order chi connectivity index (χ0) is 13.9. The van der Waals surface area contributed by atoms with Crippen LogP contribution in [0.1, 0.15) is 46.5 Å². The fourth-order valence-corrected chi connectivity index (χ4v) is 2.52. The number of hydrogen-bond donors (Lipinski definition) is 1. The van der Waals surface area contributed by atoms with Gasteiger partial charge in [0.2, 0.25) is 0 Å². The molecule has 0 bridgehead atoms. The lowest BCUT2D eigenvalue weighted by Crippen LogP contribution is -2.47. The Morgan fingerprint density at radius 3 is 2.32 bits per heavy atom. The van der Waals surface area contributed by atoms with Gasteiger partial charge in [-0.05, 0) is 77.3 Å². The van der Waals surface area contributed by atoms with Gasteiger partial charge in [-0.25, -0.2) is 0 Å². The zero-order valence-electron chi connectivity index (χ0n) is 12.1. The van der Waals surface area contributed by atoms with Crippen molar-refractivity contribution in [1.82, 2.24) is 5.32 Å². The molecule has 0 heterocycles. The number of benzene rings is 1. The molecule has 0 saturated heterocycles. The standard InChI is InChI=1S/C16H24ClNO/c1-15(2,3)18-12-11-16(9-4-10-16)19-14-7-5-13(17)6-8-14/h5-8,18H,4,9-12H2,1-3H3. The maximum Gasteiger partial charge on any atom is 0.120 e. The second-order valence-electron chi connectivity index (χ2n) is 6.52. The van der Waals surface area contributed by atoms with Crippen molar-refractivity contribution in [2.45, 2.75) is 57.6 Å².